The quantitative estimate of drug-likeness (QED) is 0.788. The van der Waals surface area contributed by atoms with Gasteiger partial charge in [0.1, 0.15) is 0 Å². The van der Waals surface area contributed by atoms with Crippen LogP contribution in [0.4, 0.5) is 0 Å². The first kappa shape index (κ1) is 12.3. The number of para-hydroxylation sites is 1. The molecule has 0 radical (unpaired) electrons. The third kappa shape index (κ3) is 2.25. The molecule has 5 nitrogen and oxygen atoms in total. The number of hydrogen-bond acceptors (Lipinski definition) is 3. The maximum absolute atomic E-state index is 11.2. The second-order valence-electron chi connectivity index (χ2n) is 4.50. The fraction of sp³-hybridized carbons (Fsp3) is 0.133. The second kappa shape index (κ2) is 5.13. The van der Waals surface area contributed by atoms with Crippen LogP contribution in [0.2, 0.25) is 0 Å². The van der Waals surface area contributed by atoms with Crippen molar-refractivity contribution in [2.75, 3.05) is 0 Å². The van der Waals surface area contributed by atoms with Gasteiger partial charge in [-0.1, -0.05) is 18.2 Å². The van der Waals surface area contributed by atoms with E-state index in [2.05, 4.69) is 10.1 Å². The van der Waals surface area contributed by atoms with Crippen LogP contribution in [0, 0.1) is 0 Å². The van der Waals surface area contributed by atoms with Gasteiger partial charge in [0.05, 0.1) is 5.52 Å². The molecule has 0 aliphatic rings. The largest absolute Gasteiger partial charge is 0.476 e. The van der Waals surface area contributed by atoms with Gasteiger partial charge in [0.25, 0.3) is 0 Å². The Labute approximate surface area is 115 Å². The van der Waals surface area contributed by atoms with Gasteiger partial charge in [-0.3, -0.25) is 9.67 Å². The number of carbonyl (C=O) groups is 1. The van der Waals surface area contributed by atoms with Crippen molar-refractivity contribution in [1.82, 2.24) is 14.8 Å². The summed E-state index contributed by atoms with van der Waals surface area (Å²) in [6, 6.07) is 11.3. The Balaban J connectivity index is 1.94. The predicted molar refractivity (Wildman–Crippen MR) is 74.6 cm³/mol. The normalized spacial score (nSPS) is 10.8. The smallest absolute Gasteiger partial charge is 0.357 e. The number of rotatable bonds is 4. The lowest BCUT2D eigenvalue weighted by atomic mass is 10.2. The topological polar surface area (TPSA) is 68.0 Å². The summed E-state index contributed by atoms with van der Waals surface area (Å²) in [7, 11) is 0. The minimum atomic E-state index is -0.996. The molecule has 2 aromatic heterocycles. The highest BCUT2D eigenvalue weighted by Gasteiger charge is 2.15. The van der Waals surface area contributed by atoms with E-state index in [1.165, 1.54) is 0 Å². The highest BCUT2D eigenvalue weighted by molar-refractivity contribution is 6.01. The monoisotopic (exact) mass is 267 g/mol. The van der Waals surface area contributed by atoms with Crippen LogP contribution in [-0.4, -0.2) is 25.8 Å². The standard InChI is InChI=1S/C15H13N3O2/c19-15(20)14-12-3-1-2-4-13(12)18(17-14)10-7-11-5-8-16-9-6-11/h1-6,8-9H,7,10H2,(H,19,20). The summed E-state index contributed by atoms with van der Waals surface area (Å²) in [4.78, 5) is 15.2. The zero-order chi connectivity index (χ0) is 13.9. The summed E-state index contributed by atoms with van der Waals surface area (Å²) in [5.41, 5.74) is 2.10. The number of carboxylic acid groups (broad SMARTS) is 1. The molecule has 0 saturated heterocycles. The fourth-order valence-electron chi connectivity index (χ4n) is 2.24. The number of pyridine rings is 1. The number of nitrogens with zero attached hydrogens (tertiary/aromatic N) is 3. The van der Waals surface area contributed by atoms with E-state index in [-0.39, 0.29) is 5.69 Å². The molecule has 1 aromatic carbocycles. The van der Waals surface area contributed by atoms with Crippen LogP contribution in [0.25, 0.3) is 10.9 Å². The first-order valence-electron chi connectivity index (χ1n) is 6.33. The fourth-order valence-corrected chi connectivity index (χ4v) is 2.24. The van der Waals surface area contributed by atoms with E-state index >= 15 is 0 Å². The van der Waals surface area contributed by atoms with Crippen LogP contribution in [-0.2, 0) is 13.0 Å². The average Bonchev–Trinajstić information content (AvgIpc) is 2.85. The molecule has 0 aliphatic carbocycles. The number of aryl methyl sites for hydroxylation is 2. The molecule has 5 heteroatoms. The van der Waals surface area contributed by atoms with Gasteiger partial charge in [-0.15, -0.1) is 0 Å². The third-order valence-corrected chi connectivity index (χ3v) is 3.22. The minimum Gasteiger partial charge on any atom is -0.476 e. The van der Waals surface area contributed by atoms with Crippen molar-refractivity contribution in [1.29, 1.82) is 0 Å². The van der Waals surface area contributed by atoms with Crippen molar-refractivity contribution < 1.29 is 9.90 Å². The summed E-state index contributed by atoms with van der Waals surface area (Å²) in [5, 5.41) is 14.1. The Morgan fingerprint density at radius 1 is 1.15 bits per heavy atom. The molecular formula is C15H13N3O2. The van der Waals surface area contributed by atoms with Crippen LogP contribution in [0.15, 0.2) is 48.8 Å². The number of fused-ring (bicyclic) bond motifs is 1. The van der Waals surface area contributed by atoms with Gasteiger partial charge < -0.3 is 5.11 Å². The minimum absolute atomic E-state index is 0.107. The lowest BCUT2D eigenvalue weighted by molar-refractivity contribution is 0.0691. The molecule has 0 amide bonds. The molecular weight excluding hydrogens is 254 g/mol. The van der Waals surface area contributed by atoms with E-state index in [0.29, 0.717) is 11.9 Å². The summed E-state index contributed by atoms with van der Waals surface area (Å²) in [6.07, 6.45) is 4.28. The van der Waals surface area contributed by atoms with Gasteiger partial charge in [-0.25, -0.2) is 4.79 Å². The summed E-state index contributed by atoms with van der Waals surface area (Å²) < 4.78 is 1.75. The number of carboxylic acids is 1. The Morgan fingerprint density at radius 2 is 1.90 bits per heavy atom. The van der Waals surface area contributed by atoms with Crippen molar-refractivity contribution in [3.8, 4) is 0 Å². The average molecular weight is 267 g/mol. The van der Waals surface area contributed by atoms with Gasteiger partial charge in [0, 0.05) is 24.3 Å². The van der Waals surface area contributed by atoms with E-state index in [9.17, 15) is 9.90 Å². The summed E-state index contributed by atoms with van der Waals surface area (Å²) in [5.74, 6) is -0.996. The third-order valence-electron chi connectivity index (χ3n) is 3.22. The van der Waals surface area contributed by atoms with Crippen LogP contribution < -0.4 is 0 Å². The Kier molecular flexibility index (Phi) is 3.16. The molecule has 0 unspecified atom stereocenters. The maximum Gasteiger partial charge on any atom is 0.357 e. The number of aromatic carboxylic acids is 1. The molecule has 3 aromatic rings. The maximum atomic E-state index is 11.2. The van der Waals surface area contributed by atoms with E-state index in [4.69, 9.17) is 0 Å². The van der Waals surface area contributed by atoms with Crippen molar-refractivity contribution >= 4 is 16.9 Å². The second-order valence-corrected chi connectivity index (χ2v) is 4.50. The molecule has 0 fully saturated rings. The van der Waals surface area contributed by atoms with E-state index in [1.54, 1.807) is 23.1 Å². The van der Waals surface area contributed by atoms with Gasteiger partial charge in [0.2, 0.25) is 0 Å². The molecule has 0 bridgehead atoms. The van der Waals surface area contributed by atoms with E-state index in [1.807, 2.05) is 30.3 Å². The van der Waals surface area contributed by atoms with Gasteiger partial charge >= 0.3 is 5.97 Å². The van der Waals surface area contributed by atoms with Crippen molar-refractivity contribution in [2.45, 2.75) is 13.0 Å². The Hall–Kier alpha value is -2.69. The summed E-state index contributed by atoms with van der Waals surface area (Å²) >= 11 is 0. The van der Waals surface area contributed by atoms with Crippen molar-refractivity contribution in [3.05, 3.63) is 60.0 Å². The van der Waals surface area contributed by atoms with Crippen LogP contribution in [0.5, 0.6) is 0 Å². The first-order valence-corrected chi connectivity index (χ1v) is 6.33. The zero-order valence-electron chi connectivity index (χ0n) is 10.7. The molecule has 1 N–H and O–H groups in total. The predicted octanol–water partition coefficient (Wildman–Crippen LogP) is 2.37. The van der Waals surface area contributed by atoms with Crippen LogP contribution in [0.1, 0.15) is 16.1 Å². The number of benzene rings is 1. The number of hydrogen-bond donors (Lipinski definition) is 1. The molecule has 0 spiro atoms. The Bertz CT molecular complexity index is 750. The molecule has 2 heterocycles. The lowest BCUT2D eigenvalue weighted by Crippen LogP contribution is -2.05. The van der Waals surface area contributed by atoms with E-state index in [0.717, 1.165) is 17.5 Å². The molecule has 3 rings (SSSR count). The van der Waals surface area contributed by atoms with Crippen molar-refractivity contribution in [2.24, 2.45) is 0 Å². The van der Waals surface area contributed by atoms with Gasteiger partial charge in [-0.05, 0) is 30.2 Å². The molecule has 100 valence electrons. The van der Waals surface area contributed by atoms with E-state index < -0.39 is 5.97 Å². The SMILES string of the molecule is O=C(O)c1nn(CCc2ccncc2)c2ccccc12. The highest BCUT2D eigenvalue weighted by Crippen LogP contribution is 2.18. The molecule has 0 atom stereocenters. The van der Waals surface area contributed by atoms with Gasteiger partial charge in [-0.2, -0.15) is 5.10 Å². The highest BCUT2D eigenvalue weighted by atomic mass is 16.4. The lowest BCUT2D eigenvalue weighted by Gasteiger charge is -2.03. The molecule has 0 saturated carbocycles. The first-order chi connectivity index (χ1) is 9.75. The molecule has 20 heavy (non-hydrogen) atoms. The molecule has 0 aliphatic heterocycles. The van der Waals surface area contributed by atoms with Gasteiger partial charge in [0.15, 0.2) is 5.69 Å². The van der Waals surface area contributed by atoms with Crippen molar-refractivity contribution in [3.63, 3.8) is 0 Å². The Morgan fingerprint density at radius 3 is 2.65 bits per heavy atom. The number of aromatic nitrogens is 3. The van der Waals surface area contributed by atoms with Crippen LogP contribution >= 0.6 is 0 Å². The summed E-state index contributed by atoms with van der Waals surface area (Å²) in [6.45, 7) is 0.637. The van der Waals surface area contributed by atoms with Crippen LogP contribution in [0.3, 0.4) is 0 Å². The zero-order valence-corrected chi connectivity index (χ0v) is 10.7.